The number of nitriles is 1. The molecule has 0 aliphatic rings. The van der Waals surface area contributed by atoms with E-state index < -0.39 is 5.56 Å². The maximum absolute atomic E-state index is 12.3. The van der Waals surface area contributed by atoms with E-state index in [1.165, 1.54) is 0 Å². The fourth-order valence-corrected chi connectivity index (χ4v) is 2.93. The number of rotatable bonds is 10. The van der Waals surface area contributed by atoms with Crippen molar-refractivity contribution in [2.24, 2.45) is 5.10 Å². The summed E-state index contributed by atoms with van der Waals surface area (Å²) in [6.45, 7) is 3.74. The lowest BCUT2D eigenvalue weighted by Crippen LogP contribution is -2.19. The van der Waals surface area contributed by atoms with E-state index in [9.17, 15) is 10.1 Å². The van der Waals surface area contributed by atoms with Crippen LogP contribution in [0.15, 0.2) is 58.4 Å². The molecular formula is C24H26N6O3. The summed E-state index contributed by atoms with van der Waals surface area (Å²) in [5.41, 5.74) is 3.85. The predicted octanol–water partition coefficient (Wildman–Crippen LogP) is 3.09. The minimum Gasteiger partial charge on any atom is -0.490 e. The molecule has 9 heteroatoms. The molecule has 0 amide bonds. The van der Waals surface area contributed by atoms with E-state index >= 15 is 0 Å². The van der Waals surface area contributed by atoms with E-state index in [0.717, 1.165) is 12.1 Å². The minimum absolute atomic E-state index is 0.0538. The van der Waals surface area contributed by atoms with Crippen molar-refractivity contribution in [2.75, 3.05) is 39.3 Å². The molecule has 0 atom stereocenters. The Kier molecular flexibility index (Phi) is 8.16. The van der Waals surface area contributed by atoms with Gasteiger partial charge in [-0.25, -0.2) is 10.4 Å². The van der Waals surface area contributed by atoms with Crippen molar-refractivity contribution in [3.05, 3.63) is 70.0 Å². The number of hydrogen-bond acceptors (Lipinski definition) is 8. The molecule has 0 radical (unpaired) electrons. The average molecular weight is 447 g/mol. The minimum atomic E-state index is -0.540. The number of aromatic nitrogens is 2. The fourth-order valence-electron chi connectivity index (χ4n) is 2.93. The van der Waals surface area contributed by atoms with Crippen LogP contribution in [0.4, 0.5) is 5.95 Å². The van der Waals surface area contributed by atoms with Crippen LogP contribution >= 0.6 is 0 Å². The molecule has 0 aliphatic heterocycles. The maximum Gasteiger partial charge on any atom is 0.270 e. The number of nitrogens with one attached hydrogen (secondary N) is 2. The van der Waals surface area contributed by atoms with Crippen LogP contribution in [-0.4, -0.2) is 54.9 Å². The topological polar surface area (TPSA) is 116 Å². The Balaban J connectivity index is 1.78. The second-order valence-electron chi connectivity index (χ2n) is 7.28. The molecule has 2 N–H and O–H groups in total. The third kappa shape index (κ3) is 6.41. The van der Waals surface area contributed by atoms with E-state index in [4.69, 9.17) is 9.47 Å². The van der Waals surface area contributed by atoms with Gasteiger partial charge in [0.05, 0.1) is 18.5 Å². The van der Waals surface area contributed by atoms with Crippen molar-refractivity contribution in [3.8, 4) is 28.8 Å². The summed E-state index contributed by atoms with van der Waals surface area (Å²) in [5.74, 6) is 1.41. The summed E-state index contributed by atoms with van der Waals surface area (Å²) < 4.78 is 11.5. The number of aromatic amines is 1. The molecule has 3 aromatic rings. The predicted molar refractivity (Wildman–Crippen MR) is 128 cm³/mol. The van der Waals surface area contributed by atoms with Gasteiger partial charge >= 0.3 is 0 Å². The molecule has 1 heterocycles. The normalized spacial score (nSPS) is 10.9. The molecule has 0 fully saturated rings. The van der Waals surface area contributed by atoms with Crippen LogP contribution in [-0.2, 0) is 0 Å². The van der Waals surface area contributed by atoms with E-state index in [1.807, 2.05) is 68.4 Å². The summed E-state index contributed by atoms with van der Waals surface area (Å²) in [6, 6.07) is 16.5. The number of H-pyrrole nitrogens is 1. The standard InChI is InChI=1S/C24H26N6O3/c1-4-32-21-14-17(10-11-20(21)33-13-12-30(2)3)16-26-29-24-27-22(18-8-6-5-7-9-18)19(15-25)23(31)28-24/h5-11,14,16H,4,12-13H2,1-3H3,(H2,27,28,29,31). The highest BCUT2D eigenvalue weighted by molar-refractivity contribution is 5.81. The molecule has 1 aromatic heterocycles. The van der Waals surface area contributed by atoms with Crippen molar-refractivity contribution in [3.63, 3.8) is 0 Å². The van der Waals surface area contributed by atoms with Gasteiger partial charge in [-0.1, -0.05) is 30.3 Å². The third-order valence-electron chi connectivity index (χ3n) is 4.53. The first kappa shape index (κ1) is 23.5. The number of nitrogens with zero attached hydrogens (tertiary/aromatic N) is 4. The van der Waals surface area contributed by atoms with Crippen LogP contribution in [0, 0.1) is 11.3 Å². The van der Waals surface area contributed by atoms with Gasteiger partial charge in [-0.2, -0.15) is 10.4 Å². The zero-order valence-corrected chi connectivity index (χ0v) is 18.8. The van der Waals surface area contributed by atoms with Crippen LogP contribution in [0.25, 0.3) is 11.3 Å². The van der Waals surface area contributed by atoms with Gasteiger partial charge in [0.15, 0.2) is 11.5 Å². The van der Waals surface area contributed by atoms with Crippen LogP contribution in [0.2, 0.25) is 0 Å². The molecule has 3 rings (SSSR count). The van der Waals surface area contributed by atoms with Gasteiger partial charge in [-0.3, -0.25) is 9.78 Å². The maximum atomic E-state index is 12.3. The summed E-state index contributed by atoms with van der Waals surface area (Å²) in [5, 5.41) is 13.5. The van der Waals surface area contributed by atoms with Gasteiger partial charge in [-0.05, 0) is 44.8 Å². The second kappa shape index (κ2) is 11.5. The summed E-state index contributed by atoms with van der Waals surface area (Å²) in [6.07, 6.45) is 1.58. The number of ether oxygens (including phenoxy) is 2. The van der Waals surface area contributed by atoms with Gasteiger partial charge in [0.1, 0.15) is 18.2 Å². The summed E-state index contributed by atoms with van der Waals surface area (Å²) >= 11 is 0. The molecule has 170 valence electrons. The lowest BCUT2D eigenvalue weighted by molar-refractivity contribution is 0.244. The molecule has 0 unspecified atom stereocenters. The van der Waals surface area contributed by atoms with E-state index in [-0.39, 0.29) is 17.2 Å². The number of likely N-dealkylation sites (N-methyl/N-ethyl adjacent to an activating group) is 1. The Morgan fingerprint density at radius 3 is 2.67 bits per heavy atom. The first-order valence-corrected chi connectivity index (χ1v) is 10.4. The van der Waals surface area contributed by atoms with E-state index in [0.29, 0.717) is 30.3 Å². The Hall–Kier alpha value is -4.16. The first-order chi connectivity index (χ1) is 16.0. The molecule has 0 saturated carbocycles. The lowest BCUT2D eigenvalue weighted by atomic mass is 10.1. The van der Waals surface area contributed by atoms with E-state index in [2.05, 4.69) is 20.5 Å². The summed E-state index contributed by atoms with van der Waals surface area (Å²) in [7, 11) is 3.97. The molecule has 0 spiro atoms. The molecule has 9 nitrogen and oxygen atoms in total. The molecule has 2 aromatic carbocycles. The fraction of sp³-hybridized carbons (Fsp3) is 0.250. The molecule has 0 saturated heterocycles. The van der Waals surface area contributed by atoms with Crippen LogP contribution in [0.3, 0.4) is 0 Å². The lowest BCUT2D eigenvalue weighted by Gasteiger charge is -2.14. The highest BCUT2D eigenvalue weighted by atomic mass is 16.5. The number of hydrazone groups is 1. The average Bonchev–Trinajstić information content (AvgIpc) is 2.80. The molecular weight excluding hydrogens is 420 g/mol. The largest absolute Gasteiger partial charge is 0.490 e. The van der Waals surface area contributed by atoms with Crippen molar-refractivity contribution in [2.45, 2.75) is 6.92 Å². The second-order valence-corrected chi connectivity index (χ2v) is 7.28. The van der Waals surface area contributed by atoms with Crippen LogP contribution < -0.4 is 20.5 Å². The van der Waals surface area contributed by atoms with Gasteiger partial charge < -0.3 is 14.4 Å². The van der Waals surface area contributed by atoms with Gasteiger partial charge in [-0.15, -0.1) is 0 Å². The highest BCUT2D eigenvalue weighted by Crippen LogP contribution is 2.28. The van der Waals surface area contributed by atoms with Crippen LogP contribution in [0.1, 0.15) is 18.1 Å². The Morgan fingerprint density at radius 1 is 1.18 bits per heavy atom. The highest BCUT2D eigenvalue weighted by Gasteiger charge is 2.13. The quantitative estimate of drug-likeness (QED) is 0.363. The Morgan fingerprint density at radius 2 is 1.97 bits per heavy atom. The van der Waals surface area contributed by atoms with Crippen molar-refractivity contribution in [1.29, 1.82) is 5.26 Å². The Labute approximate surface area is 192 Å². The smallest absolute Gasteiger partial charge is 0.270 e. The van der Waals surface area contributed by atoms with Crippen molar-refractivity contribution < 1.29 is 9.47 Å². The van der Waals surface area contributed by atoms with Gasteiger partial charge in [0.2, 0.25) is 5.95 Å². The molecule has 0 aliphatic carbocycles. The number of benzene rings is 2. The van der Waals surface area contributed by atoms with E-state index in [1.54, 1.807) is 18.3 Å². The first-order valence-electron chi connectivity index (χ1n) is 10.4. The molecule has 33 heavy (non-hydrogen) atoms. The zero-order chi connectivity index (χ0) is 23.6. The Bertz CT molecular complexity index is 1200. The summed E-state index contributed by atoms with van der Waals surface area (Å²) in [4.78, 5) is 21.3. The number of anilines is 1. The van der Waals surface area contributed by atoms with Crippen LogP contribution in [0.5, 0.6) is 11.5 Å². The number of hydrogen-bond donors (Lipinski definition) is 2. The van der Waals surface area contributed by atoms with Gasteiger partial charge in [0, 0.05) is 12.1 Å². The monoisotopic (exact) mass is 446 g/mol. The van der Waals surface area contributed by atoms with Crippen molar-refractivity contribution in [1.82, 2.24) is 14.9 Å². The van der Waals surface area contributed by atoms with Crippen molar-refractivity contribution >= 4 is 12.2 Å². The zero-order valence-electron chi connectivity index (χ0n) is 18.8. The SMILES string of the molecule is CCOc1cc(C=NNc2nc(-c3ccccc3)c(C#N)c(=O)[nH]2)ccc1OCCN(C)C. The van der Waals surface area contributed by atoms with Gasteiger partial charge in [0.25, 0.3) is 5.56 Å². The molecule has 0 bridgehead atoms. The third-order valence-corrected chi connectivity index (χ3v) is 4.53.